The number of carbonyl (C=O) groups excluding carboxylic acids is 2. The van der Waals surface area contributed by atoms with Gasteiger partial charge in [-0.2, -0.15) is 0 Å². The summed E-state index contributed by atoms with van der Waals surface area (Å²) in [6.45, 7) is 0.0565. The van der Waals surface area contributed by atoms with Gasteiger partial charge in [-0.15, -0.1) is 0 Å². The molecule has 2 unspecified atom stereocenters. The van der Waals surface area contributed by atoms with Crippen LogP contribution in [0.15, 0.2) is 54.7 Å². The molecule has 0 saturated heterocycles. The molecular formula is C19H24BN3O6. The molecule has 0 spiro atoms. The Morgan fingerprint density at radius 1 is 1.10 bits per heavy atom. The third-order valence-corrected chi connectivity index (χ3v) is 3.98. The van der Waals surface area contributed by atoms with Crippen LogP contribution in [0, 0.1) is 0 Å². The predicted molar refractivity (Wildman–Crippen MR) is 106 cm³/mol. The number of carbonyl (C=O) groups is 2. The van der Waals surface area contributed by atoms with Gasteiger partial charge in [-0.25, -0.2) is 0 Å². The molecular weight excluding hydrogens is 377 g/mol. The maximum absolute atomic E-state index is 12.6. The van der Waals surface area contributed by atoms with Gasteiger partial charge in [-0.3, -0.25) is 14.6 Å². The molecule has 0 radical (unpaired) electrons. The Labute approximate surface area is 169 Å². The first-order valence-corrected chi connectivity index (χ1v) is 9.06. The van der Waals surface area contributed by atoms with Crippen molar-refractivity contribution < 1.29 is 29.1 Å². The molecule has 0 aliphatic rings. The van der Waals surface area contributed by atoms with Crippen molar-refractivity contribution in [3.8, 4) is 5.75 Å². The second kappa shape index (κ2) is 11.8. The van der Waals surface area contributed by atoms with Crippen molar-refractivity contribution in [2.45, 2.75) is 18.4 Å². The third kappa shape index (κ3) is 7.53. The first-order valence-electron chi connectivity index (χ1n) is 9.06. The molecule has 0 aliphatic carbocycles. The number of nitrogens with one attached hydrogen (secondary N) is 2. The lowest BCUT2D eigenvalue weighted by Gasteiger charge is -2.22. The molecule has 1 aromatic heterocycles. The molecule has 1 heterocycles. The number of hydrogen-bond donors (Lipinski definition) is 4. The highest BCUT2D eigenvalue weighted by Gasteiger charge is 2.29. The highest BCUT2D eigenvalue weighted by Crippen LogP contribution is 2.09. The fourth-order valence-electron chi connectivity index (χ4n) is 2.48. The molecule has 4 N–H and O–H groups in total. The molecule has 0 fully saturated rings. The minimum absolute atomic E-state index is 0.0980. The molecule has 154 valence electrons. The lowest BCUT2D eigenvalue weighted by molar-refractivity contribution is -0.124. The second-order valence-electron chi connectivity index (χ2n) is 6.18. The first-order chi connectivity index (χ1) is 14.0. The van der Waals surface area contributed by atoms with E-state index < -0.39 is 30.9 Å². The topological polar surface area (TPSA) is 130 Å². The zero-order valence-electron chi connectivity index (χ0n) is 16.0. The lowest BCUT2D eigenvalue weighted by atomic mass is 9.77. The number of para-hydroxylation sites is 1. The van der Waals surface area contributed by atoms with Crippen LogP contribution in [0.25, 0.3) is 0 Å². The Bertz CT molecular complexity index is 763. The van der Waals surface area contributed by atoms with Gasteiger partial charge in [-0.1, -0.05) is 24.3 Å². The molecule has 9 nitrogen and oxygen atoms in total. The van der Waals surface area contributed by atoms with Crippen molar-refractivity contribution in [3.63, 3.8) is 0 Å². The van der Waals surface area contributed by atoms with Crippen LogP contribution in [0.4, 0.5) is 0 Å². The van der Waals surface area contributed by atoms with Gasteiger partial charge in [0.1, 0.15) is 17.5 Å². The number of methoxy groups -OCH3 is 1. The number of hydrogen-bond acceptors (Lipinski definition) is 7. The van der Waals surface area contributed by atoms with Crippen molar-refractivity contribution in [3.05, 3.63) is 60.4 Å². The quantitative estimate of drug-likeness (QED) is 0.384. The van der Waals surface area contributed by atoms with E-state index in [0.717, 1.165) is 0 Å². The Kier molecular flexibility index (Phi) is 9.09. The summed E-state index contributed by atoms with van der Waals surface area (Å²) in [5.41, 5.74) is 0.149. The predicted octanol–water partition coefficient (Wildman–Crippen LogP) is -0.208. The summed E-state index contributed by atoms with van der Waals surface area (Å²) in [6, 6.07) is 12.8. The van der Waals surface area contributed by atoms with Crippen LogP contribution in [0.5, 0.6) is 5.75 Å². The van der Waals surface area contributed by atoms with E-state index >= 15 is 0 Å². The maximum Gasteiger partial charge on any atom is 0.475 e. The summed E-state index contributed by atoms with van der Waals surface area (Å²) in [6.07, 6.45) is 1.61. The molecule has 2 aromatic rings. The van der Waals surface area contributed by atoms with Crippen LogP contribution in [0.2, 0.25) is 0 Å². The standard InChI is InChI=1S/C19H24BN3O6/c1-28-13-16(22-18(24)15-9-5-6-11-21-15)19(25)23-17(20(26)27)10-12-29-14-7-3-2-4-8-14/h2-9,11,16-17,26-27H,10,12-13H2,1H3,(H,22,24)(H,23,25). The van der Waals surface area contributed by atoms with E-state index in [2.05, 4.69) is 15.6 Å². The third-order valence-electron chi connectivity index (χ3n) is 3.98. The summed E-state index contributed by atoms with van der Waals surface area (Å²) in [7, 11) is -0.410. The summed E-state index contributed by atoms with van der Waals surface area (Å²) in [5, 5.41) is 24.2. The minimum atomic E-state index is -1.80. The molecule has 0 aliphatic heterocycles. The van der Waals surface area contributed by atoms with Crippen molar-refractivity contribution in [1.82, 2.24) is 15.6 Å². The van der Waals surface area contributed by atoms with Gasteiger partial charge >= 0.3 is 7.12 Å². The van der Waals surface area contributed by atoms with E-state index in [1.165, 1.54) is 19.4 Å². The summed E-state index contributed by atoms with van der Waals surface area (Å²) in [4.78, 5) is 28.7. The smallest absolute Gasteiger partial charge is 0.475 e. The minimum Gasteiger partial charge on any atom is -0.494 e. The summed E-state index contributed by atoms with van der Waals surface area (Å²) < 4.78 is 10.5. The lowest BCUT2D eigenvalue weighted by Crippen LogP contribution is -2.55. The SMILES string of the molecule is COCC(NC(=O)c1ccccn1)C(=O)NC(CCOc1ccccc1)B(O)O. The highest BCUT2D eigenvalue weighted by molar-refractivity contribution is 6.43. The Morgan fingerprint density at radius 2 is 1.83 bits per heavy atom. The molecule has 10 heteroatoms. The first kappa shape index (κ1) is 22.3. The molecule has 2 amide bonds. The van der Waals surface area contributed by atoms with Gasteiger partial charge in [0.05, 0.1) is 19.2 Å². The fourth-order valence-corrected chi connectivity index (χ4v) is 2.48. The Balaban J connectivity index is 1.92. The van der Waals surface area contributed by atoms with Gasteiger partial charge in [-0.05, 0) is 24.3 Å². The molecule has 2 rings (SSSR count). The van der Waals surface area contributed by atoms with Crippen LogP contribution >= 0.6 is 0 Å². The molecule has 29 heavy (non-hydrogen) atoms. The normalized spacial score (nSPS) is 12.5. The maximum atomic E-state index is 12.6. The van der Waals surface area contributed by atoms with Gasteiger partial charge in [0, 0.05) is 19.7 Å². The van der Waals surface area contributed by atoms with Crippen molar-refractivity contribution >= 4 is 18.9 Å². The summed E-state index contributed by atoms with van der Waals surface area (Å²) in [5.74, 6) is -1.52. The second-order valence-corrected chi connectivity index (χ2v) is 6.18. The van der Waals surface area contributed by atoms with E-state index in [1.807, 2.05) is 18.2 Å². The number of amides is 2. The summed E-state index contributed by atoms with van der Waals surface area (Å²) >= 11 is 0. The van der Waals surface area contributed by atoms with Crippen molar-refractivity contribution in [1.29, 1.82) is 0 Å². The number of aromatic nitrogens is 1. The molecule has 0 bridgehead atoms. The van der Waals surface area contributed by atoms with E-state index in [9.17, 15) is 19.6 Å². The van der Waals surface area contributed by atoms with Crippen LogP contribution in [-0.2, 0) is 9.53 Å². The van der Waals surface area contributed by atoms with E-state index in [1.54, 1.807) is 24.3 Å². The van der Waals surface area contributed by atoms with E-state index in [0.29, 0.717) is 5.75 Å². The number of nitrogens with zero attached hydrogens (tertiary/aromatic N) is 1. The van der Waals surface area contributed by atoms with Gasteiger partial charge in [0.2, 0.25) is 5.91 Å². The number of benzene rings is 1. The number of pyridine rings is 1. The van der Waals surface area contributed by atoms with Gasteiger partial charge < -0.3 is 30.2 Å². The van der Waals surface area contributed by atoms with Crippen LogP contribution in [0.3, 0.4) is 0 Å². The van der Waals surface area contributed by atoms with Crippen molar-refractivity contribution in [2.24, 2.45) is 0 Å². The zero-order valence-corrected chi connectivity index (χ0v) is 16.0. The van der Waals surface area contributed by atoms with E-state index in [-0.39, 0.29) is 25.3 Å². The van der Waals surface area contributed by atoms with Gasteiger partial charge in [0.15, 0.2) is 0 Å². The monoisotopic (exact) mass is 401 g/mol. The number of ether oxygens (including phenoxy) is 2. The largest absolute Gasteiger partial charge is 0.494 e. The Hall–Kier alpha value is -2.95. The molecule has 1 aromatic carbocycles. The average molecular weight is 401 g/mol. The van der Waals surface area contributed by atoms with Crippen molar-refractivity contribution in [2.75, 3.05) is 20.3 Å². The fraction of sp³-hybridized carbons (Fsp3) is 0.316. The zero-order chi connectivity index (χ0) is 21.1. The van der Waals surface area contributed by atoms with Crippen LogP contribution in [-0.4, -0.2) is 66.3 Å². The van der Waals surface area contributed by atoms with Crippen LogP contribution < -0.4 is 15.4 Å². The van der Waals surface area contributed by atoms with Gasteiger partial charge in [0.25, 0.3) is 5.91 Å². The average Bonchev–Trinajstić information content (AvgIpc) is 2.73. The van der Waals surface area contributed by atoms with Crippen LogP contribution in [0.1, 0.15) is 16.9 Å². The Morgan fingerprint density at radius 3 is 2.45 bits per heavy atom. The number of rotatable bonds is 11. The molecule has 0 saturated carbocycles. The molecule has 2 atom stereocenters. The highest BCUT2D eigenvalue weighted by atomic mass is 16.5. The van der Waals surface area contributed by atoms with E-state index in [4.69, 9.17) is 9.47 Å².